The van der Waals surface area contributed by atoms with Gasteiger partial charge in [-0.1, -0.05) is 13.3 Å². The van der Waals surface area contributed by atoms with E-state index in [9.17, 15) is 23.3 Å². The topological polar surface area (TPSA) is 123 Å². The quantitative estimate of drug-likeness (QED) is 0.356. The average Bonchev–Trinajstić information content (AvgIpc) is 3.41. The van der Waals surface area contributed by atoms with E-state index in [1.807, 2.05) is 6.92 Å². The number of carbonyl (C=O) groups is 1. The first-order valence-corrected chi connectivity index (χ1v) is 12.5. The summed E-state index contributed by atoms with van der Waals surface area (Å²) in [7, 11) is -2.06. The maximum atomic E-state index is 12.6. The fourth-order valence-corrected chi connectivity index (χ4v) is 5.43. The lowest BCUT2D eigenvalue weighted by molar-refractivity contribution is -0.384. The van der Waals surface area contributed by atoms with E-state index < -0.39 is 20.9 Å². The fraction of sp³-hybridized carbons (Fsp3) is 0.263. The van der Waals surface area contributed by atoms with Crippen LogP contribution in [0.5, 0.6) is 0 Å². The van der Waals surface area contributed by atoms with Crippen LogP contribution in [0, 0.1) is 10.1 Å². The van der Waals surface area contributed by atoms with Gasteiger partial charge < -0.3 is 0 Å². The number of carbonyl (C=O) groups excluding carboxylic acids is 1. The zero-order chi connectivity index (χ0) is 22.6. The Morgan fingerprint density at radius 2 is 1.94 bits per heavy atom. The van der Waals surface area contributed by atoms with Crippen LogP contribution in [-0.2, 0) is 10.0 Å². The predicted molar refractivity (Wildman–Crippen MR) is 121 cm³/mol. The van der Waals surface area contributed by atoms with Crippen molar-refractivity contribution >= 4 is 49.4 Å². The molecule has 2 aromatic heterocycles. The third-order valence-corrected chi connectivity index (χ3v) is 7.99. The Hall–Kier alpha value is -2.67. The van der Waals surface area contributed by atoms with Crippen molar-refractivity contribution in [1.82, 2.24) is 9.29 Å². The van der Waals surface area contributed by atoms with Gasteiger partial charge in [-0.3, -0.25) is 20.2 Å². The molecule has 0 saturated heterocycles. The number of unbranched alkanes of at least 4 members (excludes halogenated alkanes) is 1. The average molecular weight is 481 g/mol. The van der Waals surface area contributed by atoms with Gasteiger partial charge in [0.05, 0.1) is 25.8 Å². The normalized spacial score (nSPS) is 11.6. The zero-order valence-corrected chi connectivity index (χ0v) is 19.2. The smallest absolute Gasteiger partial charge is 0.280 e. The van der Waals surface area contributed by atoms with E-state index >= 15 is 0 Å². The van der Waals surface area contributed by atoms with E-state index in [-0.39, 0.29) is 10.6 Å². The molecule has 1 amide bonds. The summed E-state index contributed by atoms with van der Waals surface area (Å²) in [6.07, 6.45) is 1.66. The maximum absolute atomic E-state index is 12.6. The minimum absolute atomic E-state index is 0.00559. The number of thiophene rings is 1. The molecule has 0 unspecified atom stereocenters. The van der Waals surface area contributed by atoms with E-state index in [2.05, 4.69) is 10.3 Å². The number of thiazole rings is 1. The first kappa shape index (κ1) is 23.0. The summed E-state index contributed by atoms with van der Waals surface area (Å²) in [5.74, 6) is -0.429. The molecule has 0 saturated carbocycles. The van der Waals surface area contributed by atoms with Gasteiger partial charge in [0, 0.05) is 30.6 Å². The van der Waals surface area contributed by atoms with Gasteiger partial charge in [-0.2, -0.15) is 0 Å². The summed E-state index contributed by atoms with van der Waals surface area (Å²) in [4.78, 5) is 27.9. The number of hydrogen-bond donors (Lipinski definition) is 1. The van der Waals surface area contributed by atoms with E-state index in [0.29, 0.717) is 27.8 Å². The van der Waals surface area contributed by atoms with Gasteiger partial charge in [-0.05, 0) is 30.7 Å². The second-order valence-electron chi connectivity index (χ2n) is 6.62. The number of hydrogen-bond acceptors (Lipinski definition) is 8. The van der Waals surface area contributed by atoms with Crippen LogP contribution in [0.3, 0.4) is 0 Å². The van der Waals surface area contributed by atoms with Crippen LogP contribution >= 0.6 is 22.7 Å². The van der Waals surface area contributed by atoms with Crippen LogP contribution in [0.1, 0.15) is 30.1 Å². The molecule has 164 valence electrons. The maximum Gasteiger partial charge on any atom is 0.280 e. The van der Waals surface area contributed by atoms with Gasteiger partial charge in [0.25, 0.3) is 11.6 Å². The second-order valence-corrected chi connectivity index (χ2v) is 10.4. The molecule has 1 aromatic carbocycles. The molecule has 0 aliphatic carbocycles. The van der Waals surface area contributed by atoms with Crippen molar-refractivity contribution in [3.63, 3.8) is 0 Å². The van der Waals surface area contributed by atoms with Crippen molar-refractivity contribution < 1.29 is 18.1 Å². The first-order valence-electron chi connectivity index (χ1n) is 9.29. The van der Waals surface area contributed by atoms with E-state index in [1.165, 1.54) is 69.7 Å². The number of benzene rings is 1. The Labute approximate surface area is 187 Å². The number of rotatable bonds is 9. The van der Waals surface area contributed by atoms with Crippen LogP contribution in [0.15, 0.2) is 46.0 Å². The Morgan fingerprint density at radius 3 is 2.55 bits per heavy atom. The molecule has 0 bridgehead atoms. The number of nitrogens with one attached hydrogen (secondary N) is 1. The molecule has 1 N–H and O–H groups in total. The lowest BCUT2D eigenvalue weighted by atomic mass is 10.2. The molecule has 0 spiro atoms. The van der Waals surface area contributed by atoms with E-state index in [4.69, 9.17) is 0 Å². The lowest BCUT2D eigenvalue weighted by Gasteiger charge is -2.16. The highest BCUT2D eigenvalue weighted by Gasteiger charge is 2.21. The van der Waals surface area contributed by atoms with Crippen molar-refractivity contribution in [2.24, 2.45) is 0 Å². The third kappa shape index (κ3) is 5.34. The highest BCUT2D eigenvalue weighted by molar-refractivity contribution is 7.89. The third-order valence-electron chi connectivity index (χ3n) is 4.42. The fourth-order valence-electron chi connectivity index (χ4n) is 2.63. The molecule has 12 heteroatoms. The van der Waals surface area contributed by atoms with Crippen LogP contribution in [0.4, 0.5) is 10.8 Å². The molecule has 9 nitrogen and oxygen atoms in total. The number of anilines is 1. The highest BCUT2D eigenvalue weighted by atomic mass is 32.2. The zero-order valence-electron chi connectivity index (χ0n) is 16.8. The van der Waals surface area contributed by atoms with Crippen molar-refractivity contribution in [3.8, 4) is 10.6 Å². The van der Waals surface area contributed by atoms with Crippen molar-refractivity contribution in [1.29, 1.82) is 0 Å². The molecule has 3 aromatic rings. The van der Waals surface area contributed by atoms with Crippen molar-refractivity contribution in [2.75, 3.05) is 18.9 Å². The largest absolute Gasteiger partial charge is 0.298 e. The SMILES string of the molecule is CCCCN(C)S(=O)(=O)c1ccc(C(=O)Nc2nc(-c3cc([N+](=O)[O-])cs3)cs2)cc1. The number of amides is 1. The van der Waals surface area contributed by atoms with Gasteiger partial charge in [0.15, 0.2) is 5.13 Å². The number of aromatic nitrogens is 1. The predicted octanol–water partition coefficient (Wildman–Crippen LogP) is 4.45. The number of nitrogens with zero attached hydrogens (tertiary/aromatic N) is 3. The van der Waals surface area contributed by atoms with Gasteiger partial charge in [-0.25, -0.2) is 17.7 Å². The minimum Gasteiger partial charge on any atom is -0.298 e. The Balaban J connectivity index is 1.68. The Bertz CT molecular complexity index is 1190. The second kappa shape index (κ2) is 9.64. The monoisotopic (exact) mass is 480 g/mol. The lowest BCUT2D eigenvalue weighted by Crippen LogP contribution is -2.28. The summed E-state index contributed by atoms with van der Waals surface area (Å²) in [5.41, 5.74) is 0.822. The van der Waals surface area contributed by atoms with Crippen molar-refractivity contribution in [3.05, 3.63) is 56.8 Å². The first-order chi connectivity index (χ1) is 14.7. The summed E-state index contributed by atoms with van der Waals surface area (Å²) >= 11 is 2.39. The highest BCUT2D eigenvalue weighted by Crippen LogP contribution is 2.33. The van der Waals surface area contributed by atoms with Gasteiger partial charge >= 0.3 is 0 Å². The molecule has 0 atom stereocenters. The summed E-state index contributed by atoms with van der Waals surface area (Å²) in [5, 5.41) is 17.0. The molecule has 0 aliphatic rings. The van der Waals surface area contributed by atoms with Crippen LogP contribution in [0.2, 0.25) is 0 Å². The molecule has 0 aliphatic heterocycles. The van der Waals surface area contributed by atoms with E-state index in [1.54, 1.807) is 5.38 Å². The Kier molecular flexibility index (Phi) is 7.15. The van der Waals surface area contributed by atoms with Gasteiger partial charge in [-0.15, -0.1) is 22.7 Å². The van der Waals surface area contributed by atoms with Crippen LogP contribution in [-0.4, -0.2) is 42.1 Å². The minimum atomic E-state index is -3.60. The molecule has 3 rings (SSSR count). The van der Waals surface area contributed by atoms with Crippen molar-refractivity contribution in [2.45, 2.75) is 24.7 Å². The van der Waals surface area contributed by atoms with Crippen LogP contribution in [0.25, 0.3) is 10.6 Å². The number of sulfonamides is 1. The summed E-state index contributed by atoms with van der Waals surface area (Å²) in [6, 6.07) is 7.15. The van der Waals surface area contributed by atoms with Gasteiger partial charge in [0.2, 0.25) is 10.0 Å². The standard InChI is InChI=1S/C19H20N4O5S3/c1-3-4-9-22(2)31(27,28)15-7-5-13(6-8-15)18(24)21-19-20-16(12-30-19)17-10-14(11-29-17)23(25)26/h5-8,10-12H,3-4,9H2,1-2H3,(H,20,21,24). The van der Waals surface area contributed by atoms with Gasteiger partial charge in [0.1, 0.15) is 0 Å². The molecule has 2 heterocycles. The van der Waals surface area contributed by atoms with E-state index in [0.717, 1.165) is 12.8 Å². The summed E-state index contributed by atoms with van der Waals surface area (Å²) in [6.45, 7) is 2.42. The summed E-state index contributed by atoms with van der Waals surface area (Å²) < 4.78 is 26.4. The molecule has 0 fully saturated rings. The molecular weight excluding hydrogens is 460 g/mol. The Morgan fingerprint density at radius 1 is 1.23 bits per heavy atom. The number of nitro groups is 1. The molecular formula is C19H20N4O5S3. The molecule has 0 radical (unpaired) electrons. The molecule has 31 heavy (non-hydrogen) atoms. The van der Waals surface area contributed by atoms with Crippen LogP contribution < -0.4 is 5.32 Å².